The molecule has 24 heavy (non-hydrogen) atoms. The number of carboxylic acids is 1. The Labute approximate surface area is 140 Å². The van der Waals surface area contributed by atoms with Crippen molar-refractivity contribution in [1.82, 2.24) is 15.5 Å². The molecule has 1 aliphatic rings. The molecule has 0 aromatic heterocycles. The highest BCUT2D eigenvalue weighted by molar-refractivity contribution is 5.92. The highest BCUT2D eigenvalue weighted by Crippen LogP contribution is 2.19. The standard InChI is InChI=1S/C14H26N6O4/c1-8(13(23)24)19-11(21)10-5-3-7-20(10)12(22)9(15)4-2-6-18-14(16)17/h8-10H,2-7,15H2,1H3,(H,19,21)(H,23,24)(H4,16,17,18)/t8-,9-,10-/m0/s1. The normalized spacial score (nSPS) is 19.4. The molecule has 3 atom stereocenters. The lowest BCUT2D eigenvalue weighted by Gasteiger charge is -2.27. The van der Waals surface area contributed by atoms with E-state index >= 15 is 0 Å². The van der Waals surface area contributed by atoms with Crippen molar-refractivity contribution < 1.29 is 19.5 Å². The maximum absolute atomic E-state index is 12.4. The summed E-state index contributed by atoms with van der Waals surface area (Å²) in [6, 6.07) is -2.44. The number of nitrogens with one attached hydrogen (secondary N) is 3. The van der Waals surface area contributed by atoms with Gasteiger partial charge in [-0.2, -0.15) is 0 Å². The van der Waals surface area contributed by atoms with Crippen LogP contribution in [-0.4, -0.2) is 65.0 Å². The van der Waals surface area contributed by atoms with Crippen LogP contribution in [0.3, 0.4) is 0 Å². The van der Waals surface area contributed by atoms with Gasteiger partial charge < -0.3 is 32.1 Å². The van der Waals surface area contributed by atoms with Gasteiger partial charge in [-0.1, -0.05) is 0 Å². The van der Waals surface area contributed by atoms with E-state index in [1.165, 1.54) is 11.8 Å². The third kappa shape index (κ3) is 5.69. The first-order valence-corrected chi connectivity index (χ1v) is 7.91. The Morgan fingerprint density at radius 2 is 2.08 bits per heavy atom. The van der Waals surface area contributed by atoms with Gasteiger partial charge in [0.1, 0.15) is 12.1 Å². The van der Waals surface area contributed by atoms with Gasteiger partial charge in [-0.3, -0.25) is 19.8 Å². The maximum atomic E-state index is 12.4. The quantitative estimate of drug-likeness (QED) is 0.170. The van der Waals surface area contributed by atoms with Crippen LogP contribution in [0, 0.1) is 5.41 Å². The lowest BCUT2D eigenvalue weighted by Crippen LogP contribution is -2.53. The lowest BCUT2D eigenvalue weighted by atomic mass is 10.1. The second-order valence-corrected chi connectivity index (χ2v) is 5.85. The molecule has 1 aliphatic heterocycles. The molecule has 1 fully saturated rings. The number of carboxylic acid groups (broad SMARTS) is 1. The number of carbonyl (C=O) groups excluding carboxylic acids is 2. The first-order valence-electron chi connectivity index (χ1n) is 7.91. The molecular formula is C14H26N6O4. The summed E-state index contributed by atoms with van der Waals surface area (Å²) in [6.07, 6.45) is 2.12. The molecule has 0 aromatic carbocycles. The number of hydrogen-bond acceptors (Lipinski definition) is 5. The average Bonchev–Trinajstić information content (AvgIpc) is 2.99. The summed E-state index contributed by atoms with van der Waals surface area (Å²) >= 11 is 0. The van der Waals surface area contributed by atoms with Crippen LogP contribution in [0.2, 0.25) is 0 Å². The van der Waals surface area contributed by atoms with Crippen LogP contribution in [-0.2, 0) is 14.4 Å². The van der Waals surface area contributed by atoms with Gasteiger partial charge in [0.2, 0.25) is 11.8 Å². The number of likely N-dealkylation sites (tertiary alicyclic amines) is 1. The van der Waals surface area contributed by atoms with Gasteiger partial charge in [0.25, 0.3) is 0 Å². The minimum absolute atomic E-state index is 0.140. The molecule has 0 unspecified atom stereocenters. The van der Waals surface area contributed by atoms with Crippen LogP contribution in [0.15, 0.2) is 0 Å². The van der Waals surface area contributed by atoms with E-state index in [1.807, 2.05) is 0 Å². The van der Waals surface area contributed by atoms with Gasteiger partial charge in [0, 0.05) is 13.1 Å². The number of rotatable bonds is 8. The molecule has 1 rings (SSSR count). The zero-order valence-electron chi connectivity index (χ0n) is 13.7. The van der Waals surface area contributed by atoms with Gasteiger partial charge in [-0.05, 0) is 32.6 Å². The minimum Gasteiger partial charge on any atom is -0.480 e. The lowest BCUT2D eigenvalue weighted by molar-refractivity contribution is -0.143. The molecular weight excluding hydrogens is 316 g/mol. The van der Waals surface area contributed by atoms with Gasteiger partial charge in [0.05, 0.1) is 6.04 Å². The second-order valence-electron chi connectivity index (χ2n) is 5.85. The molecule has 10 heteroatoms. The van der Waals surface area contributed by atoms with Gasteiger partial charge in [-0.15, -0.1) is 0 Å². The number of nitrogens with two attached hydrogens (primary N) is 2. The molecule has 2 amide bonds. The number of nitrogens with zero attached hydrogens (tertiary/aromatic N) is 1. The van der Waals surface area contributed by atoms with E-state index in [4.69, 9.17) is 22.0 Å². The summed E-state index contributed by atoms with van der Waals surface area (Å²) in [6.45, 7) is 2.24. The Bertz CT molecular complexity index is 498. The fourth-order valence-electron chi connectivity index (χ4n) is 2.56. The highest BCUT2D eigenvalue weighted by atomic mass is 16.4. The summed E-state index contributed by atoms with van der Waals surface area (Å²) < 4.78 is 0. The van der Waals surface area contributed by atoms with Crippen molar-refractivity contribution in [1.29, 1.82) is 5.41 Å². The summed E-state index contributed by atoms with van der Waals surface area (Å²) in [5.41, 5.74) is 11.1. The highest BCUT2D eigenvalue weighted by Gasteiger charge is 2.36. The van der Waals surface area contributed by atoms with Crippen molar-refractivity contribution >= 4 is 23.7 Å². The van der Waals surface area contributed by atoms with Gasteiger partial charge in [-0.25, -0.2) is 0 Å². The summed E-state index contributed by atoms with van der Waals surface area (Å²) in [5, 5.41) is 20.9. The van der Waals surface area contributed by atoms with Crippen LogP contribution in [0.4, 0.5) is 0 Å². The molecule has 0 aliphatic carbocycles. The number of amides is 2. The molecule has 0 spiro atoms. The molecule has 8 N–H and O–H groups in total. The fourth-order valence-corrected chi connectivity index (χ4v) is 2.56. The summed E-state index contributed by atoms with van der Waals surface area (Å²) in [7, 11) is 0. The third-order valence-electron chi connectivity index (χ3n) is 3.89. The molecule has 0 radical (unpaired) electrons. The molecule has 136 valence electrons. The topological polar surface area (TPSA) is 175 Å². The molecule has 1 heterocycles. The zero-order valence-corrected chi connectivity index (χ0v) is 13.7. The largest absolute Gasteiger partial charge is 0.480 e. The molecule has 0 aromatic rings. The smallest absolute Gasteiger partial charge is 0.325 e. The van der Waals surface area contributed by atoms with Gasteiger partial charge in [0.15, 0.2) is 5.96 Å². The molecule has 10 nitrogen and oxygen atoms in total. The summed E-state index contributed by atoms with van der Waals surface area (Å²) in [5.74, 6) is -2.06. The Morgan fingerprint density at radius 3 is 2.67 bits per heavy atom. The van der Waals surface area contributed by atoms with Crippen LogP contribution in [0.1, 0.15) is 32.6 Å². The Morgan fingerprint density at radius 1 is 1.42 bits per heavy atom. The average molecular weight is 342 g/mol. The van der Waals surface area contributed by atoms with Crippen LogP contribution in [0.5, 0.6) is 0 Å². The monoisotopic (exact) mass is 342 g/mol. The van der Waals surface area contributed by atoms with E-state index in [9.17, 15) is 14.4 Å². The number of guanidine groups is 1. The third-order valence-corrected chi connectivity index (χ3v) is 3.89. The molecule has 0 saturated carbocycles. The number of carbonyl (C=O) groups is 3. The zero-order chi connectivity index (χ0) is 18.3. The van der Waals surface area contributed by atoms with Crippen molar-refractivity contribution in [2.75, 3.05) is 13.1 Å². The van der Waals surface area contributed by atoms with E-state index in [1.54, 1.807) is 0 Å². The maximum Gasteiger partial charge on any atom is 0.325 e. The fraction of sp³-hybridized carbons (Fsp3) is 0.714. The van der Waals surface area contributed by atoms with E-state index in [2.05, 4.69) is 10.6 Å². The first kappa shape index (κ1) is 19.7. The first-order chi connectivity index (χ1) is 11.2. The Balaban J connectivity index is 2.53. The van der Waals surface area contributed by atoms with Crippen LogP contribution in [0.25, 0.3) is 0 Å². The van der Waals surface area contributed by atoms with Crippen molar-refractivity contribution in [3.05, 3.63) is 0 Å². The van der Waals surface area contributed by atoms with Gasteiger partial charge >= 0.3 is 5.97 Å². The van der Waals surface area contributed by atoms with Crippen LogP contribution >= 0.6 is 0 Å². The predicted molar refractivity (Wildman–Crippen MR) is 87.1 cm³/mol. The van der Waals surface area contributed by atoms with Crippen molar-refractivity contribution in [2.45, 2.75) is 50.7 Å². The number of aliphatic carboxylic acids is 1. The van der Waals surface area contributed by atoms with E-state index < -0.39 is 30.0 Å². The van der Waals surface area contributed by atoms with Crippen LogP contribution < -0.4 is 22.1 Å². The van der Waals surface area contributed by atoms with Crippen molar-refractivity contribution in [3.63, 3.8) is 0 Å². The Hall–Kier alpha value is -2.36. The summed E-state index contributed by atoms with van der Waals surface area (Å²) in [4.78, 5) is 36.8. The SMILES string of the molecule is C[C@H](NC(=O)[C@@H]1CCCN1C(=O)[C@@H](N)CCCNC(=N)N)C(=O)O. The Kier molecular flexibility index (Phi) is 7.43. The minimum atomic E-state index is -1.13. The van der Waals surface area contributed by atoms with E-state index in [-0.39, 0.29) is 11.9 Å². The van der Waals surface area contributed by atoms with Crippen molar-refractivity contribution in [3.8, 4) is 0 Å². The van der Waals surface area contributed by atoms with E-state index in [0.717, 1.165) is 0 Å². The van der Waals surface area contributed by atoms with E-state index in [0.29, 0.717) is 38.8 Å². The predicted octanol–water partition coefficient (Wildman–Crippen LogP) is -1.84. The molecule has 0 bridgehead atoms. The number of hydrogen-bond donors (Lipinski definition) is 6. The second kappa shape index (κ2) is 9.06. The molecule has 1 saturated heterocycles. The van der Waals surface area contributed by atoms with Crippen molar-refractivity contribution in [2.24, 2.45) is 11.5 Å².